The summed E-state index contributed by atoms with van der Waals surface area (Å²) in [5.74, 6) is -3.20. The second-order valence-electron chi connectivity index (χ2n) is 10.0. The topological polar surface area (TPSA) is 50.1 Å². The van der Waals surface area contributed by atoms with Crippen LogP contribution in [0.5, 0.6) is 5.75 Å². The van der Waals surface area contributed by atoms with E-state index in [1.54, 1.807) is 24.3 Å². The highest BCUT2D eigenvalue weighted by molar-refractivity contribution is 5.91. The molecular formula is C28H27F2NO2. The number of benzene rings is 3. The Balaban J connectivity index is 1.74. The second-order valence-corrected chi connectivity index (χ2v) is 10.0. The normalized spacial score (nSPS) is 11.7. The summed E-state index contributed by atoms with van der Waals surface area (Å²) in [5, 5.41) is 8.73. The van der Waals surface area contributed by atoms with Crippen molar-refractivity contribution in [2.24, 2.45) is 5.41 Å². The van der Waals surface area contributed by atoms with Crippen LogP contribution in [0.15, 0.2) is 60.7 Å². The van der Waals surface area contributed by atoms with E-state index in [0.29, 0.717) is 0 Å². The van der Waals surface area contributed by atoms with Crippen LogP contribution in [0.2, 0.25) is 0 Å². The van der Waals surface area contributed by atoms with E-state index in [1.807, 2.05) is 0 Å². The van der Waals surface area contributed by atoms with Crippen molar-refractivity contribution in [3.05, 3.63) is 89.0 Å². The fourth-order valence-electron chi connectivity index (χ4n) is 4.22. The van der Waals surface area contributed by atoms with Crippen molar-refractivity contribution in [2.45, 2.75) is 46.5 Å². The van der Waals surface area contributed by atoms with Crippen LogP contribution < -0.4 is 4.74 Å². The Bertz CT molecular complexity index is 1180. The number of hydrogen-bond donors (Lipinski definition) is 0. The summed E-state index contributed by atoms with van der Waals surface area (Å²) in [5.41, 5.74) is 3.02. The minimum Gasteiger partial charge on any atom is -0.423 e. The van der Waals surface area contributed by atoms with Crippen molar-refractivity contribution >= 4 is 5.97 Å². The zero-order valence-electron chi connectivity index (χ0n) is 19.5. The van der Waals surface area contributed by atoms with Crippen molar-refractivity contribution in [1.29, 1.82) is 5.26 Å². The van der Waals surface area contributed by atoms with Gasteiger partial charge in [0.25, 0.3) is 0 Å². The molecule has 33 heavy (non-hydrogen) atoms. The zero-order valence-corrected chi connectivity index (χ0v) is 19.5. The molecule has 0 radical (unpaired) electrons. The predicted octanol–water partition coefficient (Wildman–Crippen LogP) is 7.44. The van der Waals surface area contributed by atoms with Crippen molar-refractivity contribution < 1.29 is 18.3 Å². The zero-order chi connectivity index (χ0) is 24.4. The summed E-state index contributed by atoms with van der Waals surface area (Å²) in [6.07, 6.45) is 1.06. The molecule has 170 valence electrons. The van der Waals surface area contributed by atoms with Gasteiger partial charge in [-0.2, -0.15) is 5.26 Å². The SMILES string of the molecule is CC(C)(C)CC(C)(C)c1ccc(-c2ccc(C(=O)Oc3cc(F)c(C#N)c(F)c3)cc2)cc1. The van der Waals surface area contributed by atoms with Gasteiger partial charge in [-0.05, 0) is 46.1 Å². The van der Waals surface area contributed by atoms with Gasteiger partial charge in [-0.3, -0.25) is 0 Å². The minimum absolute atomic E-state index is 0.0504. The van der Waals surface area contributed by atoms with Gasteiger partial charge in [-0.1, -0.05) is 71.0 Å². The third kappa shape index (κ3) is 5.84. The fourth-order valence-corrected chi connectivity index (χ4v) is 4.22. The van der Waals surface area contributed by atoms with E-state index < -0.39 is 23.2 Å². The molecule has 0 bridgehead atoms. The molecule has 0 atom stereocenters. The number of carbonyl (C=O) groups excluding carboxylic acids is 1. The quantitative estimate of drug-likeness (QED) is 0.302. The van der Waals surface area contributed by atoms with Gasteiger partial charge in [-0.15, -0.1) is 0 Å². The fraction of sp³-hybridized carbons (Fsp3) is 0.286. The number of carbonyl (C=O) groups is 1. The van der Waals surface area contributed by atoms with Crippen LogP contribution in [0.4, 0.5) is 8.78 Å². The molecule has 0 aliphatic heterocycles. The number of ether oxygens (including phenoxy) is 1. The van der Waals surface area contributed by atoms with Gasteiger partial charge in [-0.25, -0.2) is 13.6 Å². The molecule has 0 heterocycles. The van der Waals surface area contributed by atoms with Crippen LogP contribution in [0, 0.1) is 28.4 Å². The van der Waals surface area contributed by atoms with Crippen LogP contribution in [-0.2, 0) is 5.41 Å². The van der Waals surface area contributed by atoms with E-state index in [1.165, 1.54) is 11.6 Å². The summed E-state index contributed by atoms with van der Waals surface area (Å²) in [6, 6.07) is 18.3. The molecule has 3 rings (SSSR count). The second kappa shape index (κ2) is 9.15. The predicted molar refractivity (Wildman–Crippen MR) is 125 cm³/mol. The lowest BCUT2D eigenvalue weighted by Crippen LogP contribution is -2.24. The molecule has 0 unspecified atom stereocenters. The highest BCUT2D eigenvalue weighted by atomic mass is 19.1. The molecule has 0 aromatic heterocycles. The van der Waals surface area contributed by atoms with Crippen molar-refractivity contribution in [2.75, 3.05) is 0 Å². The van der Waals surface area contributed by atoms with Gasteiger partial charge in [0.15, 0.2) is 0 Å². The number of hydrogen-bond acceptors (Lipinski definition) is 3. The maximum Gasteiger partial charge on any atom is 0.343 e. The molecule has 5 heteroatoms. The Labute approximate surface area is 193 Å². The standard InChI is InChI=1S/C28H27F2NO2/c1-27(2,3)17-28(4,5)21-12-10-19(11-13-21)18-6-8-20(9-7-18)26(32)33-22-14-24(29)23(16-31)25(30)15-22/h6-15H,17H2,1-5H3. The molecular weight excluding hydrogens is 420 g/mol. The first-order valence-electron chi connectivity index (χ1n) is 10.7. The van der Waals surface area contributed by atoms with Gasteiger partial charge in [0.1, 0.15) is 29.0 Å². The lowest BCUT2D eigenvalue weighted by Gasteiger charge is -2.33. The first-order valence-corrected chi connectivity index (χ1v) is 10.7. The summed E-state index contributed by atoms with van der Waals surface area (Å²) in [4.78, 5) is 12.4. The van der Waals surface area contributed by atoms with E-state index in [-0.39, 0.29) is 22.1 Å². The largest absolute Gasteiger partial charge is 0.423 e. The molecule has 0 spiro atoms. The van der Waals surface area contributed by atoms with Gasteiger partial charge < -0.3 is 4.74 Å². The third-order valence-electron chi connectivity index (χ3n) is 5.43. The van der Waals surface area contributed by atoms with Crippen molar-refractivity contribution in [3.63, 3.8) is 0 Å². The number of nitriles is 1. The van der Waals surface area contributed by atoms with Crippen LogP contribution in [-0.4, -0.2) is 5.97 Å². The minimum atomic E-state index is -1.08. The van der Waals surface area contributed by atoms with E-state index in [9.17, 15) is 13.6 Å². The highest BCUT2D eigenvalue weighted by Crippen LogP contribution is 2.37. The monoisotopic (exact) mass is 447 g/mol. The lowest BCUT2D eigenvalue weighted by atomic mass is 9.72. The smallest absolute Gasteiger partial charge is 0.343 e. The van der Waals surface area contributed by atoms with Crippen LogP contribution >= 0.6 is 0 Å². The van der Waals surface area contributed by atoms with Gasteiger partial charge >= 0.3 is 5.97 Å². The molecule has 0 amide bonds. The van der Waals surface area contributed by atoms with E-state index >= 15 is 0 Å². The molecule has 3 aromatic carbocycles. The molecule has 0 saturated heterocycles. The molecule has 3 nitrogen and oxygen atoms in total. The van der Waals surface area contributed by atoms with Gasteiger partial charge in [0.05, 0.1) is 5.56 Å². The van der Waals surface area contributed by atoms with Crippen molar-refractivity contribution in [1.82, 2.24) is 0 Å². The van der Waals surface area contributed by atoms with Crippen molar-refractivity contribution in [3.8, 4) is 22.9 Å². The first-order chi connectivity index (χ1) is 15.4. The molecule has 0 saturated carbocycles. The van der Waals surface area contributed by atoms with Crippen LogP contribution in [0.1, 0.15) is 62.5 Å². The average Bonchev–Trinajstić information content (AvgIpc) is 2.72. The molecule has 0 N–H and O–H groups in total. The Morgan fingerprint density at radius 3 is 1.82 bits per heavy atom. The summed E-state index contributed by atoms with van der Waals surface area (Å²) in [7, 11) is 0. The Morgan fingerprint density at radius 2 is 1.36 bits per heavy atom. The molecule has 3 aromatic rings. The molecule has 0 aliphatic carbocycles. The number of esters is 1. The van der Waals surface area contributed by atoms with Gasteiger partial charge in [0.2, 0.25) is 0 Å². The molecule has 0 aliphatic rings. The number of rotatable bonds is 5. The summed E-state index contributed by atoms with van der Waals surface area (Å²) >= 11 is 0. The Kier molecular flexibility index (Phi) is 6.69. The Morgan fingerprint density at radius 1 is 0.879 bits per heavy atom. The van der Waals surface area contributed by atoms with E-state index in [2.05, 4.69) is 58.9 Å². The lowest BCUT2D eigenvalue weighted by molar-refractivity contribution is 0.0734. The highest BCUT2D eigenvalue weighted by Gasteiger charge is 2.27. The third-order valence-corrected chi connectivity index (χ3v) is 5.43. The summed E-state index contributed by atoms with van der Waals surface area (Å²) in [6.45, 7) is 11.2. The van der Waals surface area contributed by atoms with Gasteiger partial charge in [0, 0.05) is 12.1 Å². The summed E-state index contributed by atoms with van der Waals surface area (Å²) < 4.78 is 32.5. The number of halogens is 2. The average molecular weight is 448 g/mol. The number of nitrogens with zero attached hydrogens (tertiary/aromatic N) is 1. The maximum absolute atomic E-state index is 13.7. The van der Waals surface area contributed by atoms with Crippen LogP contribution in [0.3, 0.4) is 0 Å². The van der Waals surface area contributed by atoms with Crippen LogP contribution in [0.25, 0.3) is 11.1 Å². The maximum atomic E-state index is 13.7. The first kappa shape index (κ1) is 24.1. The molecule has 0 fully saturated rings. The van der Waals surface area contributed by atoms with E-state index in [4.69, 9.17) is 10.00 Å². The van der Waals surface area contributed by atoms with E-state index in [0.717, 1.165) is 29.7 Å². The Hall–Kier alpha value is -3.52.